The Kier molecular flexibility index (Phi) is 1.90. The summed E-state index contributed by atoms with van der Waals surface area (Å²) in [4.78, 5) is 2.70. The van der Waals surface area contributed by atoms with Crippen molar-refractivity contribution in [2.24, 2.45) is 0 Å². The van der Waals surface area contributed by atoms with Gasteiger partial charge < -0.3 is 4.90 Å². The maximum atomic E-state index is 2.70. The molecule has 1 nitrogen and oxygen atoms in total. The van der Waals surface area contributed by atoms with Gasteiger partial charge in [-0.15, -0.1) is 0 Å². The predicted octanol–water partition coefficient (Wildman–Crippen LogP) is 2.60. The molecule has 17 heavy (non-hydrogen) atoms. The van der Waals surface area contributed by atoms with Crippen LogP contribution in [0.25, 0.3) is 0 Å². The van der Waals surface area contributed by atoms with E-state index in [2.05, 4.69) is 24.4 Å². The van der Waals surface area contributed by atoms with Crippen LogP contribution in [-0.2, 0) is 12.8 Å². The lowest BCUT2D eigenvalue weighted by molar-refractivity contribution is 0.822. The van der Waals surface area contributed by atoms with Gasteiger partial charge in [-0.1, -0.05) is 25.1 Å². The van der Waals surface area contributed by atoms with Gasteiger partial charge in [0.1, 0.15) is 0 Å². The Morgan fingerprint density at radius 3 is 2.94 bits per heavy atom. The smallest absolute Gasteiger partial charge is 0.0885 e. The van der Waals surface area contributed by atoms with E-state index in [-0.39, 0.29) is 0 Å². The summed E-state index contributed by atoms with van der Waals surface area (Å²) in [5, 5.41) is 1.88. The van der Waals surface area contributed by atoms with Crippen molar-refractivity contribution in [2.45, 2.75) is 44.8 Å². The molecule has 1 aromatic rings. The van der Waals surface area contributed by atoms with E-state index >= 15 is 0 Å². The van der Waals surface area contributed by atoms with E-state index < -0.39 is 8.07 Å². The molecular formula is C15H21NSi. The highest BCUT2D eigenvalue weighted by Gasteiger charge is 2.43. The fourth-order valence-corrected chi connectivity index (χ4v) is 8.78. The third-order valence-electron chi connectivity index (χ3n) is 5.37. The van der Waals surface area contributed by atoms with Gasteiger partial charge in [0.25, 0.3) is 0 Å². The van der Waals surface area contributed by atoms with Gasteiger partial charge in [0, 0.05) is 18.8 Å². The SMILES string of the molecule is Cc1cc2c3c4c1CCN4CC[Si]3(C)CCC2. The number of nitrogens with zero attached hydrogens (tertiary/aromatic N) is 1. The Bertz CT molecular complexity index is 508. The monoisotopic (exact) mass is 243 g/mol. The minimum atomic E-state index is -1.09. The second-order valence-corrected chi connectivity index (χ2v) is 11.1. The molecule has 0 aromatic heterocycles. The van der Waals surface area contributed by atoms with Crippen LogP contribution in [0.4, 0.5) is 5.69 Å². The van der Waals surface area contributed by atoms with E-state index in [4.69, 9.17) is 0 Å². The topological polar surface area (TPSA) is 3.24 Å². The van der Waals surface area contributed by atoms with Gasteiger partial charge in [0.2, 0.25) is 0 Å². The summed E-state index contributed by atoms with van der Waals surface area (Å²) in [7, 11) is -1.09. The Labute approximate surface area is 105 Å². The van der Waals surface area contributed by atoms with E-state index in [0.29, 0.717) is 0 Å². The molecule has 0 amide bonds. The third-order valence-corrected chi connectivity index (χ3v) is 9.92. The largest absolute Gasteiger partial charge is 0.371 e. The highest BCUT2D eigenvalue weighted by atomic mass is 28.3. The standard InChI is InChI=1S/C15H21NSi/c1-11-10-12-4-3-8-17(2)9-7-16-6-5-13(11)14(16)15(12)17/h10H,3-9H2,1-2H3. The van der Waals surface area contributed by atoms with Gasteiger partial charge >= 0.3 is 0 Å². The molecule has 4 rings (SSSR count). The zero-order valence-corrected chi connectivity index (χ0v) is 12.0. The summed E-state index contributed by atoms with van der Waals surface area (Å²) in [6.45, 7) is 7.62. The van der Waals surface area contributed by atoms with Crippen LogP contribution in [0.5, 0.6) is 0 Å². The summed E-state index contributed by atoms with van der Waals surface area (Å²) in [6.07, 6.45) is 4.10. The van der Waals surface area contributed by atoms with Gasteiger partial charge in [-0.3, -0.25) is 0 Å². The molecule has 1 unspecified atom stereocenters. The zero-order chi connectivity index (χ0) is 11.6. The molecule has 1 atom stereocenters. The van der Waals surface area contributed by atoms with E-state index in [1.165, 1.54) is 38.4 Å². The summed E-state index contributed by atoms with van der Waals surface area (Å²) in [5.74, 6) is 0. The molecular weight excluding hydrogens is 222 g/mol. The summed E-state index contributed by atoms with van der Waals surface area (Å²) in [6, 6.07) is 5.59. The third kappa shape index (κ3) is 1.20. The minimum absolute atomic E-state index is 1.09. The lowest BCUT2D eigenvalue weighted by atomic mass is 9.99. The first-order valence-electron chi connectivity index (χ1n) is 7.10. The molecule has 2 heteroatoms. The molecule has 1 aromatic carbocycles. The van der Waals surface area contributed by atoms with Crippen LogP contribution >= 0.6 is 0 Å². The molecule has 90 valence electrons. The fourth-order valence-electron chi connectivity index (χ4n) is 4.45. The molecule has 0 fully saturated rings. The second kappa shape index (κ2) is 3.17. The highest BCUT2D eigenvalue weighted by molar-refractivity contribution is 6.93. The van der Waals surface area contributed by atoms with Crippen molar-refractivity contribution in [1.82, 2.24) is 0 Å². The molecule has 0 bridgehead atoms. The van der Waals surface area contributed by atoms with Gasteiger partial charge in [0.05, 0.1) is 8.07 Å². The van der Waals surface area contributed by atoms with Crippen LogP contribution in [0.15, 0.2) is 6.07 Å². The molecule has 0 saturated heterocycles. The predicted molar refractivity (Wildman–Crippen MR) is 76.3 cm³/mol. The zero-order valence-electron chi connectivity index (χ0n) is 11.0. The average Bonchev–Trinajstić information content (AvgIpc) is 2.72. The van der Waals surface area contributed by atoms with Crippen LogP contribution in [-0.4, -0.2) is 21.2 Å². The van der Waals surface area contributed by atoms with Crippen molar-refractivity contribution in [2.75, 3.05) is 18.0 Å². The summed E-state index contributed by atoms with van der Waals surface area (Å²) >= 11 is 0. The van der Waals surface area contributed by atoms with Gasteiger partial charge in [0.15, 0.2) is 0 Å². The lowest BCUT2D eigenvalue weighted by Gasteiger charge is -2.43. The van der Waals surface area contributed by atoms with Crippen molar-refractivity contribution in [3.05, 3.63) is 22.8 Å². The van der Waals surface area contributed by atoms with Crippen LogP contribution in [0.1, 0.15) is 23.1 Å². The van der Waals surface area contributed by atoms with Crippen molar-refractivity contribution in [1.29, 1.82) is 0 Å². The minimum Gasteiger partial charge on any atom is -0.371 e. The van der Waals surface area contributed by atoms with Crippen molar-refractivity contribution in [3.8, 4) is 0 Å². The number of benzene rings is 1. The normalized spacial score (nSPS) is 29.4. The molecule has 3 aliphatic rings. The van der Waals surface area contributed by atoms with E-state index in [0.717, 1.165) is 0 Å². The van der Waals surface area contributed by atoms with Crippen LogP contribution in [0.3, 0.4) is 0 Å². The first-order chi connectivity index (χ1) is 8.19. The molecule has 0 saturated carbocycles. The molecule has 0 aliphatic carbocycles. The average molecular weight is 243 g/mol. The number of hydrogen-bond donors (Lipinski definition) is 0. The maximum Gasteiger partial charge on any atom is 0.0885 e. The lowest BCUT2D eigenvalue weighted by Crippen LogP contribution is -2.56. The summed E-state index contributed by atoms with van der Waals surface area (Å²) < 4.78 is 0. The Hall–Kier alpha value is -0.763. The first-order valence-corrected chi connectivity index (χ1v) is 10.0. The Morgan fingerprint density at radius 1 is 1.18 bits per heavy atom. The van der Waals surface area contributed by atoms with E-state index in [1.54, 1.807) is 28.4 Å². The van der Waals surface area contributed by atoms with Crippen LogP contribution < -0.4 is 10.1 Å². The number of anilines is 1. The Morgan fingerprint density at radius 2 is 2.06 bits per heavy atom. The van der Waals surface area contributed by atoms with Crippen LogP contribution in [0.2, 0.25) is 18.6 Å². The molecule has 0 radical (unpaired) electrons. The molecule has 3 aliphatic heterocycles. The van der Waals surface area contributed by atoms with Crippen molar-refractivity contribution in [3.63, 3.8) is 0 Å². The second-order valence-electron chi connectivity index (χ2n) is 6.46. The highest BCUT2D eigenvalue weighted by Crippen LogP contribution is 2.41. The number of rotatable bonds is 0. The number of aryl methyl sites for hydroxylation is 2. The summed E-state index contributed by atoms with van der Waals surface area (Å²) in [5.41, 5.74) is 6.72. The van der Waals surface area contributed by atoms with Gasteiger partial charge in [-0.05, 0) is 47.7 Å². The molecule has 0 spiro atoms. The first kappa shape index (κ1) is 10.2. The molecule has 0 N–H and O–H groups in total. The van der Waals surface area contributed by atoms with Crippen LogP contribution in [0, 0.1) is 6.92 Å². The van der Waals surface area contributed by atoms with Gasteiger partial charge in [-0.25, -0.2) is 0 Å². The van der Waals surface area contributed by atoms with Crippen molar-refractivity contribution < 1.29 is 0 Å². The van der Waals surface area contributed by atoms with E-state index in [9.17, 15) is 0 Å². The maximum absolute atomic E-state index is 2.70. The Balaban J connectivity index is 2.07. The number of hydrogen-bond acceptors (Lipinski definition) is 1. The van der Waals surface area contributed by atoms with Gasteiger partial charge in [-0.2, -0.15) is 0 Å². The quantitative estimate of drug-likeness (QED) is 0.633. The fraction of sp³-hybridized carbons (Fsp3) is 0.600. The molecule has 3 heterocycles. The van der Waals surface area contributed by atoms with E-state index in [1.807, 2.05) is 5.19 Å². The van der Waals surface area contributed by atoms with Crippen molar-refractivity contribution >= 4 is 18.9 Å².